The number of carbonyl (C=O) groups excluding carboxylic acids is 2. The molecule has 0 aliphatic heterocycles. The summed E-state index contributed by atoms with van der Waals surface area (Å²) in [5.41, 5.74) is 1.12. The number of carbonyl (C=O) groups is 2. The van der Waals surface area contributed by atoms with Crippen molar-refractivity contribution in [3.05, 3.63) is 53.0 Å². The average molecular weight is 455 g/mol. The molecular formula is C17H19BrN4O4S. The van der Waals surface area contributed by atoms with E-state index in [4.69, 9.17) is 0 Å². The monoisotopic (exact) mass is 454 g/mol. The minimum atomic E-state index is -3.66. The number of halogens is 1. The van der Waals surface area contributed by atoms with Gasteiger partial charge >= 0.3 is 6.03 Å². The third-order valence-corrected chi connectivity index (χ3v) is 5.43. The van der Waals surface area contributed by atoms with Crippen LogP contribution in [0.15, 0.2) is 57.9 Å². The van der Waals surface area contributed by atoms with Crippen LogP contribution in [-0.4, -0.2) is 33.9 Å². The van der Waals surface area contributed by atoms with E-state index in [1.54, 1.807) is 36.4 Å². The van der Waals surface area contributed by atoms with E-state index in [-0.39, 0.29) is 29.8 Å². The number of urea groups is 1. The van der Waals surface area contributed by atoms with E-state index in [0.717, 1.165) is 4.47 Å². The molecule has 0 heterocycles. The van der Waals surface area contributed by atoms with Gasteiger partial charge in [-0.25, -0.2) is 17.9 Å². The molecule has 0 aromatic heterocycles. The van der Waals surface area contributed by atoms with Gasteiger partial charge in [-0.15, -0.1) is 0 Å². The molecule has 0 unspecified atom stereocenters. The predicted octanol–water partition coefficient (Wildman–Crippen LogP) is 2.51. The van der Waals surface area contributed by atoms with Crippen LogP contribution in [0.4, 0.5) is 16.2 Å². The Balaban J connectivity index is 1.82. The molecule has 0 radical (unpaired) electrons. The molecule has 0 atom stereocenters. The Hall–Kier alpha value is -2.43. The molecule has 0 aliphatic carbocycles. The van der Waals surface area contributed by atoms with Gasteiger partial charge in [0.25, 0.3) is 0 Å². The predicted molar refractivity (Wildman–Crippen MR) is 107 cm³/mol. The normalized spacial score (nSPS) is 10.9. The number of rotatable bonds is 7. The van der Waals surface area contributed by atoms with Gasteiger partial charge in [0.1, 0.15) is 0 Å². The molecule has 0 saturated carbocycles. The van der Waals surface area contributed by atoms with Gasteiger partial charge in [-0.05, 0) is 48.5 Å². The number of hydrogen-bond donors (Lipinski definition) is 4. The Kier molecular flexibility index (Phi) is 7.34. The van der Waals surface area contributed by atoms with Crippen molar-refractivity contribution in [1.29, 1.82) is 0 Å². The summed E-state index contributed by atoms with van der Waals surface area (Å²) in [6, 6.07) is 12.4. The molecule has 3 amide bonds. The van der Waals surface area contributed by atoms with Crippen LogP contribution in [0.3, 0.4) is 0 Å². The molecule has 4 N–H and O–H groups in total. The Morgan fingerprint density at radius 2 is 1.48 bits per heavy atom. The molecule has 2 aromatic rings. The smallest absolute Gasteiger partial charge is 0.318 e. The molecule has 0 saturated heterocycles. The van der Waals surface area contributed by atoms with E-state index < -0.39 is 10.0 Å². The van der Waals surface area contributed by atoms with E-state index in [9.17, 15) is 18.0 Å². The van der Waals surface area contributed by atoms with Gasteiger partial charge in [0.2, 0.25) is 15.9 Å². The van der Waals surface area contributed by atoms with Crippen molar-refractivity contribution in [3.8, 4) is 0 Å². The molecule has 8 nitrogen and oxygen atoms in total. The molecule has 0 aliphatic rings. The first-order valence-corrected chi connectivity index (χ1v) is 10.2. The Bertz CT molecular complexity index is 900. The minimum absolute atomic E-state index is 0.0198. The number of benzene rings is 2. The van der Waals surface area contributed by atoms with Crippen molar-refractivity contribution in [2.75, 3.05) is 24.2 Å². The first-order valence-electron chi connectivity index (χ1n) is 7.94. The van der Waals surface area contributed by atoms with Crippen molar-refractivity contribution < 1.29 is 18.0 Å². The molecule has 2 aromatic carbocycles. The lowest BCUT2D eigenvalue weighted by molar-refractivity contribution is -0.116. The number of sulfonamides is 1. The zero-order valence-electron chi connectivity index (χ0n) is 14.5. The maximum Gasteiger partial charge on any atom is 0.318 e. The van der Waals surface area contributed by atoms with Gasteiger partial charge in [-0.3, -0.25) is 4.79 Å². The first-order chi connectivity index (χ1) is 12.8. The van der Waals surface area contributed by atoms with Crippen LogP contribution in [0.5, 0.6) is 0 Å². The van der Waals surface area contributed by atoms with Crippen molar-refractivity contribution in [3.63, 3.8) is 0 Å². The number of hydrogen-bond acceptors (Lipinski definition) is 4. The molecule has 10 heteroatoms. The van der Waals surface area contributed by atoms with Crippen LogP contribution in [0, 0.1) is 0 Å². The largest absolute Gasteiger partial charge is 0.341 e. The maximum atomic E-state index is 12.1. The Morgan fingerprint density at radius 3 is 2.04 bits per heavy atom. The highest BCUT2D eigenvalue weighted by Crippen LogP contribution is 2.15. The van der Waals surface area contributed by atoms with Gasteiger partial charge in [0.15, 0.2) is 0 Å². The van der Waals surface area contributed by atoms with Crippen LogP contribution >= 0.6 is 15.9 Å². The van der Waals surface area contributed by atoms with Gasteiger partial charge in [0, 0.05) is 35.9 Å². The second-order valence-electron chi connectivity index (χ2n) is 5.43. The topological polar surface area (TPSA) is 116 Å². The molecular weight excluding hydrogens is 436 g/mol. The van der Waals surface area contributed by atoms with Crippen LogP contribution < -0.4 is 20.7 Å². The zero-order chi connectivity index (χ0) is 19.9. The zero-order valence-corrected chi connectivity index (χ0v) is 16.9. The fraction of sp³-hybridized carbons (Fsp3) is 0.176. The fourth-order valence-electron chi connectivity index (χ4n) is 2.05. The summed E-state index contributed by atoms with van der Waals surface area (Å²) in [6.45, 7) is -0.0272. The lowest BCUT2D eigenvalue weighted by atomic mass is 10.2. The first kappa shape index (κ1) is 20.9. The maximum absolute atomic E-state index is 12.1. The summed E-state index contributed by atoms with van der Waals surface area (Å²) in [7, 11) is -2.15. The number of amides is 3. The lowest BCUT2D eigenvalue weighted by Crippen LogP contribution is -2.27. The van der Waals surface area contributed by atoms with Crippen LogP contribution in [-0.2, 0) is 14.8 Å². The second-order valence-corrected chi connectivity index (χ2v) is 8.11. The highest BCUT2D eigenvalue weighted by Gasteiger charge is 2.14. The summed E-state index contributed by atoms with van der Waals surface area (Å²) < 4.78 is 27.4. The van der Waals surface area contributed by atoms with Crippen LogP contribution in [0.2, 0.25) is 0 Å². The average Bonchev–Trinajstić information content (AvgIpc) is 2.63. The van der Waals surface area contributed by atoms with Crippen LogP contribution in [0.25, 0.3) is 0 Å². The summed E-state index contributed by atoms with van der Waals surface area (Å²) in [5.74, 6) is -0.333. The second kappa shape index (κ2) is 9.49. The van der Waals surface area contributed by atoms with Crippen molar-refractivity contribution in [2.24, 2.45) is 0 Å². The summed E-state index contributed by atoms with van der Waals surface area (Å²) in [5, 5.41) is 7.69. The number of nitrogens with one attached hydrogen (secondary N) is 4. The summed E-state index contributed by atoms with van der Waals surface area (Å²) >= 11 is 3.24. The Labute approximate surface area is 165 Å². The van der Waals surface area contributed by atoms with Gasteiger partial charge < -0.3 is 16.0 Å². The molecule has 144 valence electrons. The molecule has 0 spiro atoms. The number of anilines is 2. The van der Waals surface area contributed by atoms with E-state index in [0.29, 0.717) is 11.4 Å². The third kappa shape index (κ3) is 6.66. The van der Waals surface area contributed by atoms with Gasteiger partial charge in [-0.1, -0.05) is 15.9 Å². The summed E-state index contributed by atoms with van der Waals surface area (Å²) in [4.78, 5) is 23.3. The SMILES string of the molecule is CNC(=O)Nc1ccc(NC(=O)CCNS(=O)(=O)c2ccc(Br)cc2)cc1. The highest BCUT2D eigenvalue weighted by atomic mass is 79.9. The van der Waals surface area contributed by atoms with E-state index in [2.05, 4.69) is 36.6 Å². The van der Waals surface area contributed by atoms with E-state index in [1.165, 1.54) is 19.2 Å². The van der Waals surface area contributed by atoms with Gasteiger partial charge in [0.05, 0.1) is 4.90 Å². The van der Waals surface area contributed by atoms with Crippen molar-refractivity contribution in [2.45, 2.75) is 11.3 Å². The van der Waals surface area contributed by atoms with Gasteiger partial charge in [-0.2, -0.15) is 0 Å². The van der Waals surface area contributed by atoms with Crippen LogP contribution in [0.1, 0.15) is 6.42 Å². The molecule has 2 rings (SSSR count). The Morgan fingerprint density at radius 1 is 0.926 bits per heavy atom. The minimum Gasteiger partial charge on any atom is -0.341 e. The van der Waals surface area contributed by atoms with E-state index >= 15 is 0 Å². The quantitative estimate of drug-likeness (QED) is 0.513. The molecule has 27 heavy (non-hydrogen) atoms. The third-order valence-electron chi connectivity index (χ3n) is 3.42. The van der Waals surface area contributed by atoms with E-state index in [1.807, 2.05) is 0 Å². The summed E-state index contributed by atoms with van der Waals surface area (Å²) in [6.07, 6.45) is -0.0198. The lowest BCUT2D eigenvalue weighted by Gasteiger charge is -2.09. The van der Waals surface area contributed by atoms with Crippen molar-refractivity contribution >= 4 is 49.3 Å². The molecule has 0 fully saturated rings. The standard InChI is InChI=1S/C17H19BrN4O4S/c1-19-17(24)22-14-6-4-13(5-7-14)21-16(23)10-11-20-27(25,26)15-8-2-12(18)3-9-15/h2-9,20H,10-11H2,1H3,(H,21,23)(H2,19,22,24). The van der Waals surface area contributed by atoms with Crippen molar-refractivity contribution in [1.82, 2.24) is 10.0 Å². The molecule has 0 bridgehead atoms. The fourth-order valence-corrected chi connectivity index (χ4v) is 3.35. The highest BCUT2D eigenvalue weighted by molar-refractivity contribution is 9.10.